The molecule has 3 aromatic rings. The van der Waals surface area contributed by atoms with Crippen molar-refractivity contribution in [2.45, 2.75) is 6.61 Å². The van der Waals surface area contributed by atoms with Crippen molar-refractivity contribution in [1.29, 1.82) is 0 Å². The molecular formula is C17H12F2N2O2. The Hall–Kier alpha value is -3.02. The van der Waals surface area contributed by atoms with E-state index < -0.39 is 6.61 Å². The molecule has 0 saturated heterocycles. The Morgan fingerprint density at radius 2 is 1.96 bits per heavy atom. The molecule has 1 aromatic carbocycles. The average Bonchev–Trinajstić information content (AvgIpc) is 3.02. The lowest BCUT2D eigenvalue weighted by Crippen LogP contribution is -2.02. The molecule has 6 heteroatoms. The van der Waals surface area contributed by atoms with Crippen LogP contribution in [0.15, 0.2) is 60.9 Å². The number of carbonyl (C=O) groups excluding carboxylic acids is 1. The monoisotopic (exact) mass is 314 g/mol. The number of ether oxygens (including phenoxy) is 1. The van der Waals surface area contributed by atoms with Gasteiger partial charge in [-0.2, -0.15) is 8.78 Å². The first-order valence-corrected chi connectivity index (χ1v) is 6.83. The molecule has 4 nitrogen and oxygen atoms in total. The Balaban J connectivity index is 1.77. The maximum absolute atomic E-state index is 12.1. The van der Waals surface area contributed by atoms with E-state index in [1.165, 1.54) is 30.3 Å². The lowest BCUT2D eigenvalue weighted by Gasteiger charge is -2.04. The number of rotatable bonds is 5. The molecule has 2 heterocycles. The zero-order chi connectivity index (χ0) is 16.2. The maximum atomic E-state index is 12.1. The number of pyridine rings is 1. The molecule has 0 aliphatic heterocycles. The van der Waals surface area contributed by atoms with Crippen molar-refractivity contribution in [3.63, 3.8) is 0 Å². The first-order valence-electron chi connectivity index (χ1n) is 6.83. The van der Waals surface area contributed by atoms with Gasteiger partial charge in [-0.3, -0.25) is 4.79 Å². The number of nitrogens with zero attached hydrogens (tertiary/aromatic N) is 2. The van der Waals surface area contributed by atoms with Crippen LogP contribution >= 0.6 is 0 Å². The molecule has 0 amide bonds. The molecule has 23 heavy (non-hydrogen) atoms. The van der Waals surface area contributed by atoms with Crippen molar-refractivity contribution in [3.05, 3.63) is 72.2 Å². The topological polar surface area (TPSA) is 43.6 Å². The van der Waals surface area contributed by atoms with Gasteiger partial charge in [-0.05, 0) is 48.6 Å². The molecule has 0 saturated carbocycles. The lowest BCUT2D eigenvalue weighted by molar-refractivity contribution is -0.0498. The van der Waals surface area contributed by atoms with Gasteiger partial charge < -0.3 is 9.14 Å². The number of allylic oxidation sites excluding steroid dienone is 1. The van der Waals surface area contributed by atoms with Crippen LogP contribution in [0.1, 0.15) is 16.1 Å². The fraction of sp³-hybridized carbons (Fsp3) is 0.0588. The van der Waals surface area contributed by atoms with E-state index in [0.717, 1.165) is 11.3 Å². The second-order valence-electron chi connectivity index (χ2n) is 4.71. The molecule has 0 aliphatic rings. The van der Waals surface area contributed by atoms with Crippen LogP contribution < -0.4 is 4.74 Å². The van der Waals surface area contributed by atoms with Gasteiger partial charge in [-0.25, -0.2) is 4.98 Å². The van der Waals surface area contributed by atoms with Gasteiger partial charge in [0.1, 0.15) is 11.4 Å². The first kappa shape index (κ1) is 14.9. The van der Waals surface area contributed by atoms with Gasteiger partial charge >= 0.3 is 6.61 Å². The van der Waals surface area contributed by atoms with Gasteiger partial charge in [-0.1, -0.05) is 6.07 Å². The highest BCUT2D eigenvalue weighted by Crippen LogP contribution is 2.16. The third-order valence-electron chi connectivity index (χ3n) is 3.23. The first-order chi connectivity index (χ1) is 11.1. The van der Waals surface area contributed by atoms with Crippen LogP contribution in [-0.2, 0) is 0 Å². The molecule has 2 aromatic heterocycles. The minimum Gasteiger partial charge on any atom is -0.435 e. The summed E-state index contributed by atoms with van der Waals surface area (Å²) in [4.78, 5) is 16.3. The Morgan fingerprint density at radius 3 is 2.70 bits per heavy atom. The van der Waals surface area contributed by atoms with Crippen LogP contribution in [0.4, 0.5) is 8.78 Å². The van der Waals surface area contributed by atoms with Crippen molar-refractivity contribution >= 4 is 17.5 Å². The summed E-state index contributed by atoms with van der Waals surface area (Å²) in [5.74, 6) is -0.213. The van der Waals surface area contributed by atoms with Crippen molar-refractivity contribution in [2.75, 3.05) is 0 Å². The molecule has 0 unspecified atom stereocenters. The van der Waals surface area contributed by atoms with E-state index in [2.05, 4.69) is 9.72 Å². The summed E-state index contributed by atoms with van der Waals surface area (Å²) in [5, 5.41) is 0. The normalized spacial score (nSPS) is 11.4. The molecule has 116 valence electrons. The largest absolute Gasteiger partial charge is 0.435 e. The summed E-state index contributed by atoms with van der Waals surface area (Å²) >= 11 is 0. The summed E-state index contributed by atoms with van der Waals surface area (Å²) < 4.78 is 30.3. The van der Waals surface area contributed by atoms with E-state index in [0.29, 0.717) is 5.56 Å². The summed E-state index contributed by atoms with van der Waals surface area (Å²) in [6.45, 7) is -2.88. The number of fused-ring (bicyclic) bond motifs is 1. The molecular weight excluding hydrogens is 302 g/mol. The van der Waals surface area contributed by atoms with E-state index in [1.807, 2.05) is 22.6 Å². The van der Waals surface area contributed by atoms with Crippen molar-refractivity contribution in [3.8, 4) is 5.75 Å². The van der Waals surface area contributed by atoms with Gasteiger partial charge in [0, 0.05) is 23.7 Å². The van der Waals surface area contributed by atoms with Crippen LogP contribution in [-0.4, -0.2) is 21.8 Å². The molecule has 0 spiro atoms. The average molecular weight is 314 g/mol. The smallest absolute Gasteiger partial charge is 0.387 e. The van der Waals surface area contributed by atoms with Crippen LogP contribution in [0.5, 0.6) is 5.75 Å². The van der Waals surface area contributed by atoms with E-state index in [-0.39, 0.29) is 11.5 Å². The zero-order valence-corrected chi connectivity index (χ0v) is 11.9. The highest BCUT2D eigenvalue weighted by molar-refractivity contribution is 6.06. The standard InChI is InChI=1S/C17H12F2N2O2/c18-17(19)23-14-7-4-12(5-8-14)15(22)9-6-13-2-1-3-16-20-10-11-21(13)16/h1-11,17H/b9-6+. The molecule has 0 bridgehead atoms. The minimum atomic E-state index is -2.88. The Kier molecular flexibility index (Phi) is 4.14. The minimum absolute atomic E-state index is 0.0173. The molecule has 0 atom stereocenters. The predicted molar refractivity (Wildman–Crippen MR) is 81.6 cm³/mol. The molecule has 0 aliphatic carbocycles. The maximum Gasteiger partial charge on any atom is 0.387 e. The number of imidazole rings is 1. The van der Waals surface area contributed by atoms with E-state index >= 15 is 0 Å². The van der Waals surface area contributed by atoms with Crippen LogP contribution in [0, 0.1) is 0 Å². The van der Waals surface area contributed by atoms with E-state index in [1.54, 1.807) is 18.5 Å². The SMILES string of the molecule is O=C(/C=C/c1cccc2nccn12)c1ccc(OC(F)F)cc1. The molecule has 0 N–H and O–H groups in total. The summed E-state index contributed by atoms with van der Waals surface area (Å²) in [6.07, 6.45) is 6.59. The van der Waals surface area contributed by atoms with Crippen LogP contribution in [0.3, 0.4) is 0 Å². The molecule has 0 fully saturated rings. The Morgan fingerprint density at radius 1 is 1.17 bits per heavy atom. The zero-order valence-electron chi connectivity index (χ0n) is 11.9. The Labute approximate surface area is 130 Å². The number of ketones is 1. The van der Waals surface area contributed by atoms with Crippen LogP contribution in [0.25, 0.3) is 11.7 Å². The number of halogens is 2. The van der Waals surface area contributed by atoms with Gasteiger partial charge in [0.2, 0.25) is 0 Å². The van der Waals surface area contributed by atoms with Crippen molar-refractivity contribution in [1.82, 2.24) is 9.38 Å². The number of alkyl halides is 2. The van der Waals surface area contributed by atoms with Gasteiger partial charge in [0.05, 0.1) is 0 Å². The highest BCUT2D eigenvalue weighted by atomic mass is 19.3. The number of carbonyl (C=O) groups is 1. The highest BCUT2D eigenvalue weighted by Gasteiger charge is 2.06. The van der Waals surface area contributed by atoms with Gasteiger partial charge in [0.15, 0.2) is 5.78 Å². The van der Waals surface area contributed by atoms with Crippen LogP contribution in [0.2, 0.25) is 0 Å². The summed E-state index contributed by atoms with van der Waals surface area (Å²) in [6, 6.07) is 11.1. The number of benzene rings is 1. The molecule has 0 radical (unpaired) electrons. The van der Waals surface area contributed by atoms with Gasteiger partial charge in [-0.15, -0.1) is 0 Å². The lowest BCUT2D eigenvalue weighted by atomic mass is 10.1. The summed E-state index contributed by atoms with van der Waals surface area (Å²) in [5.41, 5.74) is 1.99. The van der Waals surface area contributed by atoms with Crippen molar-refractivity contribution in [2.24, 2.45) is 0 Å². The molecule has 3 rings (SSSR count). The summed E-state index contributed by atoms with van der Waals surface area (Å²) in [7, 11) is 0. The Bertz CT molecular complexity index is 854. The fourth-order valence-corrected chi connectivity index (χ4v) is 2.16. The number of aromatic nitrogens is 2. The quantitative estimate of drug-likeness (QED) is 0.531. The second kappa shape index (κ2) is 6.39. The fourth-order valence-electron chi connectivity index (χ4n) is 2.16. The van der Waals surface area contributed by atoms with E-state index in [4.69, 9.17) is 0 Å². The second-order valence-corrected chi connectivity index (χ2v) is 4.71. The van der Waals surface area contributed by atoms with Crippen molar-refractivity contribution < 1.29 is 18.3 Å². The third-order valence-corrected chi connectivity index (χ3v) is 3.23. The predicted octanol–water partition coefficient (Wildman–Crippen LogP) is 3.83. The third kappa shape index (κ3) is 3.42. The van der Waals surface area contributed by atoms with E-state index in [9.17, 15) is 13.6 Å². The number of hydrogen-bond acceptors (Lipinski definition) is 3. The van der Waals surface area contributed by atoms with Gasteiger partial charge in [0.25, 0.3) is 0 Å². The number of hydrogen-bond donors (Lipinski definition) is 0.